The van der Waals surface area contributed by atoms with Crippen molar-refractivity contribution in [3.05, 3.63) is 77.1 Å². The monoisotopic (exact) mass is 409 g/mol. The number of rotatable bonds is 4. The zero-order valence-corrected chi connectivity index (χ0v) is 16.4. The zero-order valence-electron chi connectivity index (χ0n) is 15.7. The summed E-state index contributed by atoms with van der Waals surface area (Å²) in [6.45, 7) is 1.12. The Labute approximate surface area is 173 Å². The first-order valence-corrected chi connectivity index (χ1v) is 9.81. The van der Waals surface area contributed by atoms with Crippen molar-refractivity contribution in [1.82, 2.24) is 25.2 Å². The van der Waals surface area contributed by atoms with E-state index in [9.17, 15) is 9.59 Å². The molecule has 1 saturated heterocycles. The van der Waals surface area contributed by atoms with Gasteiger partial charge in [-0.3, -0.25) is 9.59 Å². The molecule has 1 aromatic heterocycles. The van der Waals surface area contributed by atoms with Crippen molar-refractivity contribution in [1.29, 1.82) is 0 Å². The van der Waals surface area contributed by atoms with Gasteiger partial charge in [-0.25, -0.2) is 4.68 Å². The molecule has 148 valence electrons. The van der Waals surface area contributed by atoms with Crippen LogP contribution in [-0.2, 0) is 0 Å². The smallest absolute Gasteiger partial charge is 0.276 e. The maximum atomic E-state index is 12.8. The Morgan fingerprint density at radius 1 is 1.00 bits per heavy atom. The predicted octanol–water partition coefficient (Wildman–Crippen LogP) is 2.96. The van der Waals surface area contributed by atoms with E-state index in [1.54, 1.807) is 40.0 Å². The maximum Gasteiger partial charge on any atom is 0.276 e. The molecule has 0 spiro atoms. The highest BCUT2D eigenvalue weighted by Crippen LogP contribution is 2.16. The van der Waals surface area contributed by atoms with E-state index in [1.807, 2.05) is 30.3 Å². The number of benzene rings is 2. The number of piperidine rings is 1. The molecule has 2 heterocycles. The second-order valence-corrected chi connectivity index (χ2v) is 7.37. The molecule has 2 amide bonds. The van der Waals surface area contributed by atoms with E-state index in [0.717, 1.165) is 5.69 Å². The quantitative estimate of drug-likeness (QED) is 0.718. The lowest BCUT2D eigenvalue weighted by molar-refractivity contribution is 0.0692. The molecule has 1 aliphatic rings. The second kappa shape index (κ2) is 8.45. The fraction of sp³-hybridized carbons (Fsp3) is 0.238. The average Bonchev–Trinajstić information content (AvgIpc) is 3.25. The lowest BCUT2D eigenvalue weighted by Crippen LogP contribution is -2.46. The highest BCUT2D eigenvalue weighted by molar-refractivity contribution is 6.30. The molecule has 1 aliphatic heterocycles. The lowest BCUT2D eigenvalue weighted by atomic mass is 10.0. The van der Waals surface area contributed by atoms with Gasteiger partial charge in [0.15, 0.2) is 5.69 Å². The van der Waals surface area contributed by atoms with Crippen LogP contribution in [0, 0.1) is 0 Å². The van der Waals surface area contributed by atoms with E-state index < -0.39 is 0 Å². The average molecular weight is 410 g/mol. The Hall–Kier alpha value is -3.19. The Bertz CT molecular complexity index is 995. The summed E-state index contributed by atoms with van der Waals surface area (Å²) >= 11 is 5.90. The summed E-state index contributed by atoms with van der Waals surface area (Å²) in [4.78, 5) is 26.8. The molecule has 8 heteroatoms. The number of hydrogen-bond acceptors (Lipinski definition) is 4. The number of nitrogens with one attached hydrogen (secondary N) is 1. The van der Waals surface area contributed by atoms with Crippen molar-refractivity contribution in [2.24, 2.45) is 0 Å². The molecule has 4 rings (SSSR count). The van der Waals surface area contributed by atoms with Gasteiger partial charge in [0.25, 0.3) is 11.8 Å². The van der Waals surface area contributed by atoms with E-state index in [1.165, 1.54) is 0 Å². The van der Waals surface area contributed by atoms with Gasteiger partial charge in [-0.05, 0) is 49.2 Å². The van der Waals surface area contributed by atoms with Gasteiger partial charge in [-0.15, -0.1) is 5.10 Å². The first kappa shape index (κ1) is 19.1. The van der Waals surface area contributed by atoms with Gasteiger partial charge in [0.2, 0.25) is 0 Å². The number of halogens is 1. The third-order valence-corrected chi connectivity index (χ3v) is 5.21. The molecule has 0 saturated carbocycles. The molecule has 29 heavy (non-hydrogen) atoms. The summed E-state index contributed by atoms with van der Waals surface area (Å²) in [5.41, 5.74) is 1.72. The minimum absolute atomic E-state index is 0.0523. The molecule has 2 aromatic carbocycles. The minimum atomic E-state index is -0.155. The first-order chi connectivity index (χ1) is 14.1. The molecular formula is C21H20ClN5O2. The molecule has 0 atom stereocenters. The van der Waals surface area contributed by atoms with Gasteiger partial charge in [0.05, 0.1) is 11.9 Å². The fourth-order valence-electron chi connectivity index (χ4n) is 3.33. The summed E-state index contributed by atoms with van der Waals surface area (Å²) in [5, 5.41) is 11.7. The number of likely N-dealkylation sites (tertiary alicyclic amines) is 1. The third kappa shape index (κ3) is 4.46. The van der Waals surface area contributed by atoms with Gasteiger partial charge in [0, 0.05) is 29.7 Å². The van der Waals surface area contributed by atoms with Crippen LogP contribution in [0.25, 0.3) is 5.69 Å². The summed E-state index contributed by atoms with van der Waals surface area (Å²) in [5.74, 6) is -0.237. The number of nitrogens with zero attached hydrogens (tertiary/aromatic N) is 4. The molecule has 0 radical (unpaired) electrons. The van der Waals surface area contributed by atoms with Gasteiger partial charge in [-0.2, -0.15) is 0 Å². The third-order valence-electron chi connectivity index (χ3n) is 4.96. The van der Waals surface area contributed by atoms with Crippen molar-refractivity contribution in [3.63, 3.8) is 0 Å². The standard InChI is InChI=1S/C21H20ClN5O2/c22-16-6-8-18(9-7-16)27-14-19(24-25-27)21(29)26-12-10-17(11-13-26)23-20(28)15-4-2-1-3-5-15/h1-9,14,17H,10-13H2,(H,23,28). The molecule has 0 unspecified atom stereocenters. The molecule has 7 nitrogen and oxygen atoms in total. The van der Waals surface area contributed by atoms with E-state index in [2.05, 4.69) is 15.6 Å². The largest absolute Gasteiger partial charge is 0.349 e. The number of aromatic nitrogens is 3. The summed E-state index contributed by atoms with van der Waals surface area (Å²) < 4.78 is 1.55. The zero-order chi connectivity index (χ0) is 20.2. The van der Waals surface area contributed by atoms with Crippen LogP contribution >= 0.6 is 11.6 Å². The molecule has 3 aromatic rings. The van der Waals surface area contributed by atoms with E-state index in [4.69, 9.17) is 11.6 Å². The molecule has 0 aliphatic carbocycles. The van der Waals surface area contributed by atoms with E-state index >= 15 is 0 Å². The van der Waals surface area contributed by atoms with Crippen LogP contribution in [0.2, 0.25) is 5.02 Å². The highest BCUT2D eigenvalue weighted by Gasteiger charge is 2.26. The van der Waals surface area contributed by atoms with Crippen LogP contribution in [0.1, 0.15) is 33.7 Å². The van der Waals surface area contributed by atoms with Gasteiger partial charge in [-0.1, -0.05) is 35.0 Å². The molecule has 1 N–H and O–H groups in total. The Morgan fingerprint density at radius 2 is 1.69 bits per heavy atom. The van der Waals surface area contributed by atoms with Crippen molar-refractivity contribution in [3.8, 4) is 5.69 Å². The predicted molar refractivity (Wildman–Crippen MR) is 109 cm³/mol. The van der Waals surface area contributed by atoms with Crippen molar-refractivity contribution >= 4 is 23.4 Å². The Morgan fingerprint density at radius 3 is 2.38 bits per heavy atom. The van der Waals surface area contributed by atoms with E-state index in [-0.39, 0.29) is 17.9 Å². The number of hydrogen-bond donors (Lipinski definition) is 1. The maximum absolute atomic E-state index is 12.8. The van der Waals surface area contributed by atoms with Crippen LogP contribution in [0.3, 0.4) is 0 Å². The molecule has 1 fully saturated rings. The Balaban J connectivity index is 1.33. The summed E-state index contributed by atoms with van der Waals surface area (Å²) in [6, 6.07) is 16.3. The SMILES string of the molecule is O=C(NC1CCN(C(=O)c2cn(-c3ccc(Cl)cc3)nn2)CC1)c1ccccc1. The van der Waals surface area contributed by atoms with Gasteiger partial charge in [0.1, 0.15) is 0 Å². The first-order valence-electron chi connectivity index (χ1n) is 9.43. The van der Waals surface area contributed by atoms with Crippen LogP contribution in [0.15, 0.2) is 60.8 Å². The van der Waals surface area contributed by atoms with Crippen LogP contribution in [-0.4, -0.2) is 50.8 Å². The molecular weight excluding hydrogens is 390 g/mol. The highest BCUT2D eigenvalue weighted by atomic mass is 35.5. The minimum Gasteiger partial charge on any atom is -0.349 e. The van der Waals surface area contributed by atoms with Crippen molar-refractivity contribution in [2.45, 2.75) is 18.9 Å². The Kier molecular flexibility index (Phi) is 5.57. The van der Waals surface area contributed by atoms with Crippen molar-refractivity contribution < 1.29 is 9.59 Å². The van der Waals surface area contributed by atoms with Crippen molar-refractivity contribution in [2.75, 3.05) is 13.1 Å². The number of carbonyl (C=O) groups excluding carboxylic acids is 2. The van der Waals surface area contributed by atoms with Crippen LogP contribution < -0.4 is 5.32 Å². The summed E-state index contributed by atoms with van der Waals surface area (Å²) in [6.07, 6.45) is 3.03. The van der Waals surface area contributed by atoms with Crippen LogP contribution in [0.5, 0.6) is 0 Å². The number of amides is 2. The lowest BCUT2D eigenvalue weighted by Gasteiger charge is -2.31. The topological polar surface area (TPSA) is 80.1 Å². The second-order valence-electron chi connectivity index (χ2n) is 6.93. The van der Waals surface area contributed by atoms with Crippen LogP contribution in [0.4, 0.5) is 0 Å². The van der Waals surface area contributed by atoms with Gasteiger partial charge < -0.3 is 10.2 Å². The normalized spacial score (nSPS) is 14.6. The fourth-order valence-corrected chi connectivity index (χ4v) is 3.45. The molecule has 0 bridgehead atoms. The van der Waals surface area contributed by atoms with E-state index in [0.29, 0.717) is 42.2 Å². The number of carbonyl (C=O) groups is 2. The summed E-state index contributed by atoms with van der Waals surface area (Å²) in [7, 11) is 0. The van der Waals surface area contributed by atoms with Gasteiger partial charge >= 0.3 is 0 Å².